The van der Waals surface area contributed by atoms with Crippen LogP contribution in [0.1, 0.15) is 18.5 Å². The third kappa shape index (κ3) is 2.98. The highest BCUT2D eigenvalue weighted by atomic mass is 32.2. The zero-order valence-corrected chi connectivity index (χ0v) is 12.1. The van der Waals surface area contributed by atoms with Gasteiger partial charge in [-0.3, -0.25) is 0 Å². The van der Waals surface area contributed by atoms with Crippen LogP contribution in [0.2, 0.25) is 0 Å². The molecule has 2 aromatic heterocycles. The minimum Gasteiger partial charge on any atom is -0.353 e. The summed E-state index contributed by atoms with van der Waals surface area (Å²) in [7, 11) is 3.90. The van der Waals surface area contributed by atoms with Gasteiger partial charge in [-0.15, -0.1) is 10.2 Å². The van der Waals surface area contributed by atoms with Crippen LogP contribution in [0.3, 0.4) is 0 Å². The lowest BCUT2D eigenvalue weighted by molar-refractivity contribution is 0.779. The first-order chi connectivity index (χ1) is 8.58. The molecule has 96 valence electrons. The molecular formula is C11H15N5S2. The zero-order chi connectivity index (χ0) is 13.1. The van der Waals surface area contributed by atoms with Gasteiger partial charge in [0.25, 0.3) is 0 Å². The molecule has 2 aromatic rings. The normalized spacial score (nSPS) is 12.4. The third-order valence-electron chi connectivity index (χ3n) is 2.25. The van der Waals surface area contributed by atoms with E-state index < -0.39 is 0 Å². The van der Waals surface area contributed by atoms with Crippen LogP contribution >= 0.6 is 23.1 Å². The first-order valence-corrected chi connectivity index (χ1v) is 7.10. The van der Waals surface area contributed by atoms with Gasteiger partial charge in [0, 0.05) is 31.9 Å². The van der Waals surface area contributed by atoms with Crippen LogP contribution in [-0.2, 0) is 0 Å². The molecule has 0 aromatic carbocycles. The number of aromatic nitrogens is 3. The predicted molar refractivity (Wildman–Crippen MR) is 75.2 cm³/mol. The van der Waals surface area contributed by atoms with E-state index in [0.717, 1.165) is 20.1 Å². The first-order valence-electron chi connectivity index (χ1n) is 5.47. The van der Waals surface area contributed by atoms with E-state index in [-0.39, 0.29) is 6.04 Å². The van der Waals surface area contributed by atoms with Gasteiger partial charge in [-0.25, -0.2) is 4.98 Å². The molecule has 18 heavy (non-hydrogen) atoms. The van der Waals surface area contributed by atoms with E-state index >= 15 is 0 Å². The molecule has 5 nitrogen and oxygen atoms in total. The van der Waals surface area contributed by atoms with Crippen molar-refractivity contribution in [2.24, 2.45) is 5.73 Å². The van der Waals surface area contributed by atoms with E-state index in [2.05, 4.69) is 15.2 Å². The molecule has 0 spiro atoms. The van der Waals surface area contributed by atoms with Gasteiger partial charge < -0.3 is 10.6 Å². The van der Waals surface area contributed by atoms with Gasteiger partial charge in [-0.2, -0.15) is 0 Å². The van der Waals surface area contributed by atoms with Crippen molar-refractivity contribution < 1.29 is 0 Å². The third-order valence-corrected chi connectivity index (χ3v) is 4.43. The van der Waals surface area contributed by atoms with Gasteiger partial charge in [-0.1, -0.05) is 17.4 Å². The molecule has 0 fully saturated rings. The Labute approximate surface area is 114 Å². The Hall–Kier alpha value is -1.18. The lowest BCUT2D eigenvalue weighted by Crippen LogP contribution is -2.07. The summed E-state index contributed by atoms with van der Waals surface area (Å²) < 4.78 is 0.874. The maximum atomic E-state index is 5.93. The van der Waals surface area contributed by atoms with E-state index in [9.17, 15) is 0 Å². The lowest BCUT2D eigenvalue weighted by atomic mass is 10.2. The monoisotopic (exact) mass is 281 g/mol. The highest BCUT2D eigenvalue weighted by molar-refractivity contribution is 8.01. The summed E-state index contributed by atoms with van der Waals surface area (Å²) >= 11 is 3.05. The Morgan fingerprint density at radius 1 is 1.39 bits per heavy atom. The Morgan fingerprint density at radius 3 is 2.78 bits per heavy atom. The number of hydrogen-bond acceptors (Lipinski definition) is 7. The van der Waals surface area contributed by atoms with Gasteiger partial charge in [0.15, 0.2) is 4.34 Å². The molecule has 2 heterocycles. The molecule has 0 radical (unpaired) electrons. The maximum Gasteiger partial charge on any atom is 0.208 e. The summed E-state index contributed by atoms with van der Waals surface area (Å²) in [5.74, 6) is 0. The average molecular weight is 281 g/mol. The predicted octanol–water partition coefficient (Wildman–Crippen LogP) is 2.17. The van der Waals surface area contributed by atoms with Crippen molar-refractivity contribution in [1.82, 2.24) is 15.2 Å². The van der Waals surface area contributed by atoms with E-state index in [1.807, 2.05) is 38.1 Å². The van der Waals surface area contributed by atoms with Crippen LogP contribution in [0.25, 0.3) is 0 Å². The van der Waals surface area contributed by atoms with E-state index in [0.29, 0.717) is 0 Å². The van der Waals surface area contributed by atoms with Gasteiger partial charge in [0.05, 0.1) is 0 Å². The summed E-state index contributed by atoms with van der Waals surface area (Å²) in [6.45, 7) is 1.95. The van der Waals surface area contributed by atoms with E-state index in [1.54, 1.807) is 17.5 Å². The minimum atomic E-state index is -0.0394. The Morgan fingerprint density at radius 2 is 2.17 bits per heavy atom. The van der Waals surface area contributed by atoms with Crippen molar-refractivity contribution >= 4 is 28.2 Å². The summed E-state index contributed by atoms with van der Waals surface area (Å²) in [6.07, 6.45) is 1.77. The quantitative estimate of drug-likeness (QED) is 0.926. The molecule has 0 amide bonds. The molecule has 0 aliphatic carbocycles. The van der Waals surface area contributed by atoms with Gasteiger partial charge >= 0.3 is 0 Å². The Balaban J connectivity index is 2.23. The number of pyridine rings is 1. The van der Waals surface area contributed by atoms with Crippen molar-refractivity contribution in [3.05, 3.63) is 23.9 Å². The molecule has 2 N–H and O–H groups in total. The molecule has 1 unspecified atom stereocenters. The standard InChI is InChI=1S/C11H15N5S2/c1-7(12)8-5-4-6-13-9(8)17-11-15-14-10(18-11)16(2)3/h4-7H,12H2,1-3H3. The summed E-state index contributed by atoms with van der Waals surface area (Å²) in [5, 5.41) is 10.0. The molecule has 0 bridgehead atoms. The Bertz CT molecular complexity index is 524. The van der Waals surface area contributed by atoms with Gasteiger partial charge in [-0.05, 0) is 24.8 Å². The largest absolute Gasteiger partial charge is 0.353 e. The van der Waals surface area contributed by atoms with Crippen molar-refractivity contribution in [2.75, 3.05) is 19.0 Å². The molecule has 1 atom stereocenters. The second kappa shape index (κ2) is 5.64. The van der Waals surface area contributed by atoms with Crippen molar-refractivity contribution in [3.63, 3.8) is 0 Å². The number of anilines is 1. The smallest absolute Gasteiger partial charge is 0.208 e. The minimum absolute atomic E-state index is 0.0394. The Kier molecular flexibility index (Phi) is 4.15. The molecule has 0 saturated heterocycles. The van der Waals surface area contributed by atoms with Crippen LogP contribution in [0, 0.1) is 0 Å². The van der Waals surface area contributed by atoms with Gasteiger partial charge in [0.1, 0.15) is 5.03 Å². The van der Waals surface area contributed by atoms with Crippen molar-refractivity contribution in [2.45, 2.75) is 22.3 Å². The molecule has 0 aliphatic rings. The topological polar surface area (TPSA) is 67.9 Å². The molecule has 2 rings (SSSR count). The van der Waals surface area contributed by atoms with Crippen LogP contribution in [0.5, 0.6) is 0 Å². The zero-order valence-electron chi connectivity index (χ0n) is 10.5. The second-order valence-corrected chi connectivity index (χ2v) is 6.23. The average Bonchev–Trinajstić information content (AvgIpc) is 2.78. The fraction of sp³-hybridized carbons (Fsp3) is 0.364. The van der Waals surface area contributed by atoms with Crippen LogP contribution in [0.4, 0.5) is 5.13 Å². The lowest BCUT2D eigenvalue weighted by Gasteiger charge is -2.09. The van der Waals surface area contributed by atoms with Crippen LogP contribution in [0.15, 0.2) is 27.7 Å². The molecule has 0 saturated carbocycles. The van der Waals surface area contributed by atoms with Gasteiger partial charge in [0.2, 0.25) is 5.13 Å². The molecular weight excluding hydrogens is 266 g/mol. The molecule has 0 aliphatic heterocycles. The summed E-state index contributed by atoms with van der Waals surface area (Å²) in [5.41, 5.74) is 6.96. The van der Waals surface area contributed by atoms with Crippen LogP contribution < -0.4 is 10.6 Å². The van der Waals surface area contributed by atoms with Crippen molar-refractivity contribution in [3.8, 4) is 0 Å². The highest BCUT2D eigenvalue weighted by Gasteiger charge is 2.12. The number of nitrogens with zero attached hydrogens (tertiary/aromatic N) is 4. The fourth-order valence-electron chi connectivity index (χ4n) is 1.34. The van der Waals surface area contributed by atoms with Crippen molar-refractivity contribution in [1.29, 1.82) is 0 Å². The summed E-state index contributed by atoms with van der Waals surface area (Å²) in [6, 6.07) is 3.85. The summed E-state index contributed by atoms with van der Waals surface area (Å²) in [4.78, 5) is 6.29. The first kappa shape index (κ1) is 13.3. The van der Waals surface area contributed by atoms with Crippen LogP contribution in [-0.4, -0.2) is 29.3 Å². The highest BCUT2D eigenvalue weighted by Crippen LogP contribution is 2.34. The fourth-order valence-corrected chi connectivity index (χ4v) is 3.20. The SMILES string of the molecule is CC(N)c1cccnc1Sc1nnc(N(C)C)s1. The molecule has 7 heteroatoms. The second-order valence-electron chi connectivity index (χ2n) is 4.03. The maximum absolute atomic E-state index is 5.93. The van der Waals surface area contributed by atoms with E-state index in [4.69, 9.17) is 5.73 Å². The number of rotatable bonds is 4. The van der Waals surface area contributed by atoms with E-state index in [1.165, 1.54) is 11.8 Å². The number of nitrogens with two attached hydrogens (primary N) is 1. The number of hydrogen-bond donors (Lipinski definition) is 1.